The molecule has 2 aliphatic rings. The molecular formula is C17H18FN3O3. The number of benzene rings is 1. The van der Waals surface area contributed by atoms with Crippen LogP contribution in [0.4, 0.5) is 9.18 Å². The molecule has 4 rings (SSSR count). The highest BCUT2D eigenvalue weighted by Crippen LogP contribution is 2.28. The zero-order valence-electron chi connectivity index (χ0n) is 13.1. The van der Waals surface area contributed by atoms with Crippen LogP contribution in [0.25, 0.3) is 10.9 Å². The molecule has 1 aromatic carbocycles. The normalized spacial score (nSPS) is 24.3. The van der Waals surface area contributed by atoms with Gasteiger partial charge in [0, 0.05) is 30.2 Å². The van der Waals surface area contributed by atoms with E-state index in [1.807, 2.05) is 0 Å². The van der Waals surface area contributed by atoms with E-state index in [1.54, 1.807) is 6.07 Å². The van der Waals surface area contributed by atoms with Crippen molar-refractivity contribution < 1.29 is 13.9 Å². The van der Waals surface area contributed by atoms with Crippen molar-refractivity contribution in [2.75, 3.05) is 19.6 Å². The lowest BCUT2D eigenvalue weighted by Gasteiger charge is -2.38. The Morgan fingerprint density at radius 1 is 1.33 bits per heavy atom. The first kappa shape index (κ1) is 15.1. The van der Waals surface area contributed by atoms with Crippen LogP contribution in [0.15, 0.2) is 29.1 Å². The number of likely N-dealkylation sites (tertiary alicyclic amines) is 1. The molecule has 2 aliphatic heterocycles. The molecule has 1 unspecified atom stereocenters. The average Bonchev–Trinajstić information content (AvgIpc) is 2.89. The van der Waals surface area contributed by atoms with Gasteiger partial charge in [0.15, 0.2) is 5.43 Å². The number of para-hydroxylation sites is 1. The van der Waals surface area contributed by atoms with Crippen LogP contribution in [0.1, 0.15) is 18.5 Å². The highest BCUT2D eigenvalue weighted by Gasteiger charge is 2.43. The van der Waals surface area contributed by atoms with E-state index in [0.717, 1.165) is 19.4 Å². The Morgan fingerprint density at radius 2 is 2.21 bits per heavy atom. The Labute approximate surface area is 137 Å². The fourth-order valence-electron chi connectivity index (χ4n) is 3.67. The van der Waals surface area contributed by atoms with Crippen LogP contribution < -0.4 is 10.7 Å². The van der Waals surface area contributed by atoms with E-state index in [-0.39, 0.29) is 17.0 Å². The second-order valence-corrected chi connectivity index (χ2v) is 6.56. The third kappa shape index (κ3) is 2.65. The Bertz CT molecular complexity index is 866. The Morgan fingerprint density at radius 3 is 3.00 bits per heavy atom. The van der Waals surface area contributed by atoms with Gasteiger partial charge in [-0.15, -0.1) is 0 Å². The zero-order chi connectivity index (χ0) is 16.7. The molecule has 2 aromatic rings. The number of fused-ring (bicyclic) bond motifs is 1. The van der Waals surface area contributed by atoms with Crippen molar-refractivity contribution >= 4 is 17.0 Å². The van der Waals surface area contributed by atoms with Gasteiger partial charge in [0.05, 0.1) is 12.1 Å². The van der Waals surface area contributed by atoms with Gasteiger partial charge in [-0.2, -0.15) is 0 Å². The summed E-state index contributed by atoms with van der Waals surface area (Å²) in [6, 6.07) is 5.99. The summed E-state index contributed by atoms with van der Waals surface area (Å²) >= 11 is 0. The van der Waals surface area contributed by atoms with Crippen LogP contribution in [0.3, 0.4) is 0 Å². The smallest absolute Gasteiger partial charge is 0.407 e. The topological polar surface area (TPSA) is 74.4 Å². The number of H-pyrrole nitrogens is 1. The van der Waals surface area contributed by atoms with Crippen LogP contribution in [0.5, 0.6) is 0 Å². The lowest BCUT2D eigenvalue weighted by atomic mass is 9.93. The van der Waals surface area contributed by atoms with Crippen LogP contribution in [0.2, 0.25) is 0 Å². The van der Waals surface area contributed by atoms with Gasteiger partial charge in [0.1, 0.15) is 11.4 Å². The molecule has 24 heavy (non-hydrogen) atoms. The molecule has 7 heteroatoms. The van der Waals surface area contributed by atoms with Crippen LogP contribution in [-0.4, -0.2) is 41.2 Å². The molecule has 2 N–H and O–H groups in total. The number of carbonyl (C=O) groups excluding carboxylic acids is 1. The summed E-state index contributed by atoms with van der Waals surface area (Å²) in [5.74, 6) is -0.435. The molecule has 2 saturated heterocycles. The van der Waals surface area contributed by atoms with E-state index in [2.05, 4.69) is 15.2 Å². The van der Waals surface area contributed by atoms with Crippen molar-refractivity contribution in [3.63, 3.8) is 0 Å². The molecule has 0 radical (unpaired) electrons. The Hall–Kier alpha value is -2.41. The number of carbonyl (C=O) groups is 1. The first-order chi connectivity index (χ1) is 11.5. The maximum Gasteiger partial charge on any atom is 0.407 e. The maximum atomic E-state index is 14.0. The molecule has 6 nitrogen and oxygen atoms in total. The SMILES string of the molecule is O=C1NCC2(CCCN(Cc3cc(=O)c4cccc(F)c4[nH]3)C2)O1. The lowest BCUT2D eigenvalue weighted by molar-refractivity contribution is -0.0114. The van der Waals surface area contributed by atoms with Crippen molar-refractivity contribution in [1.29, 1.82) is 0 Å². The van der Waals surface area contributed by atoms with Gasteiger partial charge in [0.2, 0.25) is 0 Å². The number of hydrogen-bond acceptors (Lipinski definition) is 4. The van der Waals surface area contributed by atoms with Gasteiger partial charge < -0.3 is 15.0 Å². The number of nitrogens with zero attached hydrogens (tertiary/aromatic N) is 1. The minimum Gasteiger partial charge on any atom is -0.440 e. The first-order valence-corrected chi connectivity index (χ1v) is 8.04. The monoisotopic (exact) mass is 331 g/mol. The number of pyridine rings is 1. The number of amides is 1. The summed E-state index contributed by atoms with van der Waals surface area (Å²) in [7, 11) is 0. The molecule has 0 bridgehead atoms. The largest absolute Gasteiger partial charge is 0.440 e. The predicted molar refractivity (Wildman–Crippen MR) is 86.3 cm³/mol. The Balaban J connectivity index is 1.59. The summed E-state index contributed by atoms with van der Waals surface area (Å²) in [5, 5.41) is 3.06. The van der Waals surface area contributed by atoms with Gasteiger partial charge in [-0.05, 0) is 31.5 Å². The first-order valence-electron chi connectivity index (χ1n) is 8.04. The van der Waals surface area contributed by atoms with E-state index < -0.39 is 11.4 Å². The summed E-state index contributed by atoms with van der Waals surface area (Å²) < 4.78 is 19.4. The number of alkyl carbamates (subject to hydrolysis) is 1. The third-order valence-corrected chi connectivity index (χ3v) is 4.75. The van der Waals surface area contributed by atoms with Crippen molar-refractivity contribution in [3.05, 3.63) is 46.0 Å². The van der Waals surface area contributed by atoms with E-state index in [0.29, 0.717) is 30.7 Å². The average molecular weight is 331 g/mol. The summed E-state index contributed by atoms with van der Waals surface area (Å²) in [6.45, 7) is 2.43. The van der Waals surface area contributed by atoms with Crippen molar-refractivity contribution in [3.8, 4) is 0 Å². The number of aromatic amines is 1. The predicted octanol–water partition coefficient (Wildman–Crippen LogP) is 1.74. The number of hydrogen-bond donors (Lipinski definition) is 2. The molecule has 3 heterocycles. The quantitative estimate of drug-likeness (QED) is 0.879. The molecule has 1 spiro atoms. The second kappa shape index (κ2) is 5.59. The minimum absolute atomic E-state index is 0.195. The summed E-state index contributed by atoms with van der Waals surface area (Å²) in [5.41, 5.74) is 0.212. The third-order valence-electron chi connectivity index (χ3n) is 4.75. The van der Waals surface area contributed by atoms with Crippen LogP contribution in [0, 0.1) is 5.82 Å². The Kier molecular flexibility index (Phi) is 3.53. The number of piperidine rings is 1. The zero-order valence-corrected chi connectivity index (χ0v) is 13.1. The van der Waals surface area contributed by atoms with Gasteiger partial charge in [0.25, 0.3) is 0 Å². The van der Waals surface area contributed by atoms with Crippen LogP contribution >= 0.6 is 0 Å². The van der Waals surface area contributed by atoms with Gasteiger partial charge in [-0.3, -0.25) is 9.69 Å². The number of aromatic nitrogens is 1. The van der Waals surface area contributed by atoms with E-state index >= 15 is 0 Å². The molecule has 2 fully saturated rings. The van der Waals surface area contributed by atoms with Gasteiger partial charge >= 0.3 is 6.09 Å². The number of rotatable bonds is 2. The molecular weight excluding hydrogens is 313 g/mol. The standard InChI is InChI=1S/C17H18FN3O3/c18-13-4-1-3-12-14(22)7-11(20-15(12)13)8-21-6-2-5-17(10-21)9-19-16(23)24-17/h1,3-4,7H,2,5-6,8-10H2,(H,19,23)(H,20,22). The lowest BCUT2D eigenvalue weighted by Crippen LogP contribution is -2.50. The van der Waals surface area contributed by atoms with E-state index in [9.17, 15) is 14.0 Å². The van der Waals surface area contributed by atoms with Crippen molar-refractivity contribution in [2.45, 2.75) is 25.0 Å². The molecule has 1 atom stereocenters. The molecule has 0 aliphatic carbocycles. The minimum atomic E-state index is -0.488. The summed E-state index contributed by atoms with van der Waals surface area (Å²) in [4.78, 5) is 28.7. The molecule has 1 aromatic heterocycles. The number of nitrogens with one attached hydrogen (secondary N) is 2. The molecule has 126 valence electrons. The number of halogens is 1. The second-order valence-electron chi connectivity index (χ2n) is 6.56. The fraction of sp³-hybridized carbons (Fsp3) is 0.412. The molecule has 1 amide bonds. The van der Waals surface area contributed by atoms with Gasteiger partial charge in [-0.25, -0.2) is 9.18 Å². The maximum absolute atomic E-state index is 14.0. The highest BCUT2D eigenvalue weighted by molar-refractivity contribution is 5.78. The van der Waals surface area contributed by atoms with E-state index in [4.69, 9.17) is 4.74 Å². The van der Waals surface area contributed by atoms with Crippen molar-refractivity contribution in [2.24, 2.45) is 0 Å². The highest BCUT2D eigenvalue weighted by atomic mass is 19.1. The summed E-state index contributed by atoms with van der Waals surface area (Å²) in [6.07, 6.45) is 1.35. The van der Waals surface area contributed by atoms with Crippen molar-refractivity contribution in [1.82, 2.24) is 15.2 Å². The van der Waals surface area contributed by atoms with Crippen LogP contribution in [-0.2, 0) is 11.3 Å². The van der Waals surface area contributed by atoms with E-state index in [1.165, 1.54) is 18.2 Å². The molecule has 0 saturated carbocycles. The number of ether oxygens (including phenoxy) is 1. The van der Waals surface area contributed by atoms with Gasteiger partial charge in [-0.1, -0.05) is 6.07 Å². The fourth-order valence-corrected chi connectivity index (χ4v) is 3.67.